The number of hydrogen-bond donors (Lipinski definition) is 1. The second kappa shape index (κ2) is 4.96. The average Bonchev–Trinajstić information content (AvgIpc) is 2.89. The van der Waals surface area contributed by atoms with Gasteiger partial charge in [0.1, 0.15) is 11.8 Å². The highest BCUT2D eigenvalue weighted by Crippen LogP contribution is 2.31. The molecule has 1 aliphatic rings. The number of aryl methyl sites for hydroxylation is 1. The molecule has 3 rings (SSSR count). The van der Waals surface area contributed by atoms with Crippen LogP contribution in [0.15, 0.2) is 33.7 Å². The van der Waals surface area contributed by atoms with Crippen LogP contribution in [0.3, 0.4) is 0 Å². The van der Waals surface area contributed by atoms with Crippen molar-refractivity contribution in [2.24, 2.45) is 0 Å². The molecule has 5 nitrogen and oxygen atoms in total. The molecular formula is C14H12NO4S-. The van der Waals surface area contributed by atoms with Gasteiger partial charge in [-0.25, -0.2) is 0 Å². The molecule has 1 aromatic carbocycles. The predicted octanol–water partition coefficient (Wildman–Crippen LogP) is 0.555. The van der Waals surface area contributed by atoms with Crippen molar-refractivity contribution in [3.05, 3.63) is 45.8 Å². The summed E-state index contributed by atoms with van der Waals surface area (Å²) in [6.45, 7) is 1.90. The first-order valence-corrected chi connectivity index (χ1v) is 7.21. The van der Waals surface area contributed by atoms with Gasteiger partial charge in [-0.2, -0.15) is 0 Å². The Labute approximate surface area is 119 Å². The summed E-state index contributed by atoms with van der Waals surface area (Å²) in [5.74, 6) is -0.779. The van der Waals surface area contributed by atoms with Gasteiger partial charge in [-0.05, 0) is 19.1 Å². The van der Waals surface area contributed by atoms with E-state index in [1.807, 2.05) is 13.0 Å². The number of carbonyl (C=O) groups is 1. The molecule has 0 spiro atoms. The molecule has 1 fully saturated rings. The number of aliphatic carboxylic acids is 1. The predicted molar refractivity (Wildman–Crippen MR) is 74.4 cm³/mol. The van der Waals surface area contributed by atoms with E-state index in [0.29, 0.717) is 22.3 Å². The number of benzene rings is 1. The quantitative estimate of drug-likeness (QED) is 0.870. The van der Waals surface area contributed by atoms with Crippen LogP contribution < -0.4 is 15.9 Å². The minimum Gasteiger partial charge on any atom is -0.548 e. The molecule has 1 aliphatic heterocycles. The number of rotatable bonds is 2. The normalized spacial score (nSPS) is 22.2. The van der Waals surface area contributed by atoms with E-state index in [2.05, 4.69) is 5.32 Å². The van der Waals surface area contributed by atoms with Crippen LogP contribution in [0.25, 0.3) is 11.0 Å². The molecular weight excluding hydrogens is 278 g/mol. The third kappa shape index (κ3) is 2.21. The van der Waals surface area contributed by atoms with Gasteiger partial charge in [0.25, 0.3) is 0 Å². The topological polar surface area (TPSA) is 82.4 Å². The number of carboxylic acid groups (broad SMARTS) is 1. The van der Waals surface area contributed by atoms with Crippen molar-refractivity contribution in [1.82, 2.24) is 5.32 Å². The first-order valence-electron chi connectivity index (χ1n) is 6.17. The van der Waals surface area contributed by atoms with Crippen molar-refractivity contribution in [2.75, 3.05) is 5.75 Å². The summed E-state index contributed by atoms with van der Waals surface area (Å²) in [5, 5.41) is 13.8. The van der Waals surface area contributed by atoms with Crippen LogP contribution in [0.4, 0.5) is 0 Å². The van der Waals surface area contributed by atoms with Crippen LogP contribution in [0.5, 0.6) is 0 Å². The monoisotopic (exact) mass is 290 g/mol. The fraction of sp³-hybridized carbons (Fsp3) is 0.286. The molecule has 6 heteroatoms. The van der Waals surface area contributed by atoms with Crippen molar-refractivity contribution >= 4 is 28.7 Å². The van der Waals surface area contributed by atoms with E-state index in [1.165, 1.54) is 18.0 Å². The van der Waals surface area contributed by atoms with Crippen LogP contribution in [-0.4, -0.2) is 17.8 Å². The van der Waals surface area contributed by atoms with Crippen molar-refractivity contribution in [3.8, 4) is 0 Å². The Morgan fingerprint density at radius 2 is 2.30 bits per heavy atom. The maximum Gasteiger partial charge on any atom is 0.198 e. The lowest BCUT2D eigenvalue weighted by Crippen LogP contribution is -2.44. The Bertz CT molecular complexity index is 740. The summed E-state index contributed by atoms with van der Waals surface area (Å²) in [6, 6.07) is 4.67. The summed E-state index contributed by atoms with van der Waals surface area (Å²) < 4.78 is 5.47. The summed E-state index contributed by atoms with van der Waals surface area (Å²) in [5.41, 5.74) is 1.82. The number of carbonyl (C=O) groups excluding carboxylic acids is 1. The first-order chi connectivity index (χ1) is 9.56. The number of carboxylic acids is 1. The zero-order valence-electron chi connectivity index (χ0n) is 10.7. The van der Waals surface area contributed by atoms with Gasteiger partial charge < -0.3 is 14.3 Å². The molecule has 0 bridgehead atoms. The van der Waals surface area contributed by atoms with Crippen LogP contribution >= 0.6 is 11.8 Å². The highest BCUT2D eigenvalue weighted by Gasteiger charge is 2.28. The third-order valence-corrected chi connectivity index (χ3v) is 4.55. The SMILES string of the molecule is Cc1ccc2occ(C3N[C@H](C(=O)[O-])CS3)c(=O)c2c1. The molecule has 104 valence electrons. The largest absolute Gasteiger partial charge is 0.548 e. The summed E-state index contributed by atoms with van der Waals surface area (Å²) in [7, 11) is 0. The highest BCUT2D eigenvalue weighted by molar-refractivity contribution is 7.99. The molecule has 0 saturated carbocycles. The second-order valence-corrected chi connectivity index (χ2v) is 5.91. The molecule has 0 radical (unpaired) electrons. The molecule has 2 heterocycles. The van der Waals surface area contributed by atoms with Crippen molar-refractivity contribution < 1.29 is 14.3 Å². The average molecular weight is 290 g/mol. The lowest BCUT2D eigenvalue weighted by Gasteiger charge is -2.13. The Morgan fingerprint density at radius 1 is 1.50 bits per heavy atom. The fourth-order valence-corrected chi connectivity index (χ4v) is 3.45. The maximum atomic E-state index is 12.5. The Kier molecular flexibility index (Phi) is 3.27. The van der Waals surface area contributed by atoms with Gasteiger partial charge in [-0.3, -0.25) is 10.1 Å². The van der Waals surface area contributed by atoms with E-state index in [1.54, 1.807) is 12.1 Å². The fourth-order valence-electron chi connectivity index (χ4n) is 2.23. The maximum absolute atomic E-state index is 12.5. The van der Waals surface area contributed by atoms with E-state index >= 15 is 0 Å². The van der Waals surface area contributed by atoms with Crippen molar-refractivity contribution in [1.29, 1.82) is 0 Å². The Hall–Kier alpha value is -1.79. The van der Waals surface area contributed by atoms with E-state index in [0.717, 1.165) is 5.56 Å². The zero-order valence-corrected chi connectivity index (χ0v) is 11.5. The van der Waals surface area contributed by atoms with E-state index < -0.39 is 12.0 Å². The second-order valence-electron chi connectivity index (χ2n) is 4.77. The molecule has 0 amide bonds. The Morgan fingerprint density at radius 3 is 3.00 bits per heavy atom. The first kappa shape index (κ1) is 13.2. The van der Waals surface area contributed by atoms with Crippen molar-refractivity contribution in [3.63, 3.8) is 0 Å². The van der Waals surface area contributed by atoms with Gasteiger partial charge in [-0.1, -0.05) is 11.6 Å². The zero-order chi connectivity index (χ0) is 14.3. The van der Waals surface area contributed by atoms with Gasteiger partial charge in [0, 0.05) is 5.75 Å². The highest BCUT2D eigenvalue weighted by atomic mass is 32.2. The molecule has 1 N–H and O–H groups in total. The lowest BCUT2D eigenvalue weighted by atomic mass is 10.1. The number of thioether (sulfide) groups is 1. The standard InChI is InChI=1S/C14H13NO4S/c1-7-2-3-11-8(4-7)12(16)9(5-19-11)13-15-10(6-20-13)14(17)18/h2-5,10,13,15H,6H2,1H3,(H,17,18)/p-1/t10-,13?/m0/s1. The van der Waals surface area contributed by atoms with Crippen LogP contribution in [-0.2, 0) is 4.79 Å². The van der Waals surface area contributed by atoms with Crippen molar-refractivity contribution in [2.45, 2.75) is 18.3 Å². The summed E-state index contributed by atoms with van der Waals surface area (Å²) in [4.78, 5) is 23.3. The molecule has 2 aromatic rings. The van der Waals surface area contributed by atoms with E-state index in [4.69, 9.17) is 4.42 Å². The minimum absolute atomic E-state index is 0.126. The summed E-state index contributed by atoms with van der Waals surface area (Å²) >= 11 is 1.37. The minimum atomic E-state index is -1.15. The van der Waals surface area contributed by atoms with Gasteiger partial charge in [0.2, 0.25) is 0 Å². The smallest absolute Gasteiger partial charge is 0.198 e. The molecule has 1 saturated heterocycles. The number of fused-ring (bicyclic) bond motifs is 1. The van der Waals surface area contributed by atoms with Crippen LogP contribution in [0.2, 0.25) is 0 Å². The molecule has 2 atom stereocenters. The lowest BCUT2D eigenvalue weighted by molar-refractivity contribution is -0.307. The summed E-state index contributed by atoms with van der Waals surface area (Å²) in [6.07, 6.45) is 1.41. The van der Waals surface area contributed by atoms with Crippen LogP contribution in [0, 0.1) is 6.92 Å². The number of nitrogens with one attached hydrogen (secondary N) is 1. The van der Waals surface area contributed by atoms with E-state index in [-0.39, 0.29) is 10.8 Å². The number of hydrogen-bond acceptors (Lipinski definition) is 6. The molecule has 1 aromatic heterocycles. The van der Waals surface area contributed by atoms with Gasteiger partial charge in [0.05, 0.1) is 28.3 Å². The van der Waals surface area contributed by atoms with Gasteiger partial charge in [-0.15, -0.1) is 11.8 Å². The van der Waals surface area contributed by atoms with Crippen LogP contribution in [0.1, 0.15) is 16.5 Å². The molecule has 0 aliphatic carbocycles. The van der Waals surface area contributed by atoms with E-state index in [9.17, 15) is 14.7 Å². The third-order valence-electron chi connectivity index (χ3n) is 3.30. The molecule has 1 unspecified atom stereocenters. The molecule has 20 heavy (non-hydrogen) atoms. The van der Waals surface area contributed by atoms with Gasteiger partial charge >= 0.3 is 0 Å². The Balaban J connectivity index is 2.03. The van der Waals surface area contributed by atoms with Gasteiger partial charge in [0.15, 0.2) is 5.43 Å².